The molecule has 1 aromatic carbocycles. The van der Waals surface area contributed by atoms with E-state index in [9.17, 15) is 19.3 Å². The zero-order valence-electron chi connectivity index (χ0n) is 11.7. The first kappa shape index (κ1) is 14.6. The van der Waals surface area contributed by atoms with E-state index in [1.807, 2.05) is 0 Å². The second-order valence-electron chi connectivity index (χ2n) is 4.76. The first-order valence-corrected chi connectivity index (χ1v) is 6.58. The Hall–Kier alpha value is -3.29. The number of hydrogen-bond acceptors (Lipinski definition) is 5. The van der Waals surface area contributed by atoms with Gasteiger partial charge in [-0.1, -0.05) is 0 Å². The van der Waals surface area contributed by atoms with Crippen LogP contribution in [0, 0.1) is 15.9 Å². The van der Waals surface area contributed by atoms with Gasteiger partial charge in [0.25, 0.3) is 11.2 Å². The fourth-order valence-corrected chi connectivity index (χ4v) is 2.04. The molecule has 0 fully saturated rings. The summed E-state index contributed by atoms with van der Waals surface area (Å²) in [6.07, 6.45) is 2.44. The van der Waals surface area contributed by atoms with Crippen LogP contribution in [0.2, 0.25) is 0 Å². The third-order valence-electron chi connectivity index (χ3n) is 3.16. The summed E-state index contributed by atoms with van der Waals surface area (Å²) in [4.78, 5) is 26.0. The zero-order chi connectivity index (χ0) is 16.4. The lowest BCUT2D eigenvalue weighted by Crippen LogP contribution is -2.19. The molecule has 0 aliphatic rings. The van der Waals surface area contributed by atoms with Crippen molar-refractivity contribution < 1.29 is 13.7 Å². The maximum atomic E-state index is 13.2. The van der Waals surface area contributed by atoms with E-state index < -0.39 is 10.7 Å². The third kappa shape index (κ3) is 3.15. The van der Waals surface area contributed by atoms with Crippen molar-refractivity contribution >= 4 is 5.69 Å². The van der Waals surface area contributed by atoms with Crippen LogP contribution in [0.5, 0.6) is 0 Å². The van der Waals surface area contributed by atoms with Crippen molar-refractivity contribution in [2.24, 2.45) is 0 Å². The Balaban J connectivity index is 1.84. The fraction of sp³-hybridized carbons (Fsp3) is 0.0667. The lowest BCUT2D eigenvalue weighted by molar-refractivity contribution is -0.384. The number of rotatable bonds is 4. The molecule has 0 saturated heterocycles. The minimum absolute atomic E-state index is 0.0353. The summed E-state index contributed by atoms with van der Waals surface area (Å²) in [5.74, 6) is -0.261. The van der Waals surface area contributed by atoms with Gasteiger partial charge in [0.2, 0.25) is 5.89 Å². The largest absolute Gasteiger partial charge is 0.444 e. The lowest BCUT2D eigenvalue weighted by Gasteiger charge is -2.01. The minimum atomic E-state index is -0.524. The van der Waals surface area contributed by atoms with Crippen molar-refractivity contribution in [3.63, 3.8) is 0 Å². The Labute approximate surface area is 128 Å². The van der Waals surface area contributed by atoms with E-state index in [4.69, 9.17) is 4.42 Å². The van der Waals surface area contributed by atoms with Crippen LogP contribution in [0.4, 0.5) is 10.1 Å². The molecule has 0 bridgehead atoms. The highest BCUT2D eigenvalue weighted by Crippen LogP contribution is 2.22. The number of non-ortho nitro benzene ring substituents is 1. The maximum absolute atomic E-state index is 13.2. The molecule has 3 rings (SSSR count). The van der Waals surface area contributed by atoms with Crippen LogP contribution in [0.15, 0.2) is 58.1 Å². The van der Waals surface area contributed by atoms with E-state index in [0.29, 0.717) is 11.3 Å². The van der Waals surface area contributed by atoms with E-state index >= 15 is 0 Å². The molecular weight excluding hydrogens is 305 g/mol. The molecule has 2 heterocycles. The number of nitro benzene ring substituents is 1. The lowest BCUT2D eigenvalue weighted by atomic mass is 10.2. The molecule has 0 atom stereocenters. The van der Waals surface area contributed by atoms with Crippen molar-refractivity contribution in [1.82, 2.24) is 9.55 Å². The second kappa shape index (κ2) is 5.84. The monoisotopic (exact) mass is 315 g/mol. The second-order valence-corrected chi connectivity index (χ2v) is 4.76. The summed E-state index contributed by atoms with van der Waals surface area (Å²) in [6.45, 7) is 0.0626. The Morgan fingerprint density at radius 1 is 1.22 bits per heavy atom. The predicted molar refractivity (Wildman–Crippen MR) is 78.4 cm³/mol. The van der Waals surface area contributed by atoms with Gasteiger partial charge in [-0.2, -0.15) is 0 Å². The van der Waals surface area contributed by atoms with Crippen LogP contribution in [0.1, 0.15) is 5.69 Å². The normalized spacial score (nSPS) is 10.7. The molecule has 8 heteroatoms. The molecule has 23 heavy (non-hydrogen) atoms. The van der Waals surface area contributed by atoms with E-state index in [1.54, 1.807) is 0 Å². The number of nitrogens with zero attached hydrogens (tertiary/aromatic N) is 3. The van der Waals surface area contributed by atoms with Gasteiger partial charge in [-0.05, 0) is 18.2 Å². The topological polar surface area (TPSA) is 91.2 Å². The molecular formula is C15H10FN3O4. The molecule has 3 aromatic rings. The van der Waals surface area contributed by atoms with E-state index in [1.165, 1.54) is 35.1 Å². The maximum Gasteiger partial charge on any atom is 0.269 e. The number of hydrogen-bond donors (Lipinski definition) is 0. The highest BCUT2D eigenvalue weighted by atomic mass is 19.1. The smallest absolute Gasteiger partial charge is 0.269 e. The number of aromatic nitrogens is 2. The van der Waals surface area contributed by atoms with Crippen LogP contribution in [0.3, 0.4) is 0 Å². The number of halogens is 1. The van der Waals surface area contributed by atoms with Crippen molar-refractivity contribution in [3.05, 3.63) is 80.8 Å². The molecule has 2 aromatic heterocycles. The van der Waals surface area contributed by atoms with Gasteiger partial charge < -0.3 is 8.98 Å². The van der Waals surface area contributed by atoms with Gasteiger partial charge in [0.05, 0.1) is 17.2 Å². The predicted octanol–water partition coefficient (Wildman–Crippen LogP) is 2.60. The SMILES string of the molecule is O=c1ccc(F)cn1Cc1coc(-c2ccc([N+](=O)[O-])cc2)n1. The van der Waals surface area contributed by atoms with Gasteiger partial charge >= 0.3 is 0 Å². The van der Waals surface area contributed by atoms with Crippen molar-refractivity contribution in [1.29, 1.82) is 0 Å². The summed E-state index contributed by atoms with van der Waals surface area (Å²) < 4.78 is 19.6. The average molecular weight is 315 g/mol. The van der Waals surface area contributed by atoms with Gasteiger partial charge in [-0.3, -0.25) is 14.9 Å². The summed E-state index contributed by atoms with van der Waals surface area (Å²) in [6, 6.07) is 7.94. The molecule has 7 nitrogen and oxygen atoms in total. The molecule has 0 N–H and O–H groups in total. The Kier molecular flexibility index (Phi) is 3.71. The fourth-order valence-electron chi connectivity index (χ4n) is 2.04. The summed E-state index contributed by atoms with van der Waals surface area (Å²) in [5.41, 5.74) is 0.609. The summed E-state index contributed by atoms with van der Waals surface area (Å²) in [7, 11) is 0. The quantitative estimate of drug-likeness (QED) is 0.545. The first-order valence-electron chi connectivity index (χ1n) is 6.58. The molecule has 0 amide bonds. The molecule has 0 aliphatic heterocycles. The summed E-state index contributed by atoms with van der Waals surface area (Å²) >= 11 is 0. The van der Waals surface area contributed by atoms with Crippen molar-refractivity contribution in [2.45, 2.75) is 6.54 Å². The van der Waals surface area contributed by atoms with Crippen LogP contribution in [-0.4, -0.2) is 14.5 Å². The Morgan fingerprint density at radius 3 is 2.65 bits per heavy atom. The van der Waals surface area contributed by atoms with Crippen molar-refractivity contribution in [2.75, 3.05) is 0 Å². The number of pyridine rings is 1. The third-order valence-corrected chi connectivity index (χ3v) is 3.16. The Morgan fingerprint density at radius 2 is 1.96 bits per heavy atom. The first-order chi connectivity index (χ1) is 11.0. The standard InChI is InChI=1S/C15H10FN3O4/c16-11-3-6-14(20)18(7-11)8-12-9-23-15(17-12)10-1-4-13(5-2-10)19(21)22/h1-7,9H,8H2. The molecule has 0 unspecified atom stereocenters. The molecule has 0 radical (unpaired) electrons. The highest BCUT2D eigenvalue weighted by Gasteiger charge is 2.10. The van der Waals surface area contributed by atoms with Gasteiger partial charge in [-0.15, -0.1) is 0 Å². The average Bonchev–Trinajstić information content (AvgIpc) is 2.99. The van der Waals surface area contributed by atoms with Crippen LogP contribution in [0.25, 0.3) is 11.5 Å². The number of nitro groups is 1. The Bertz CT molecular complexity index is 915. The minimum Gasteiger partial charge on any atom is -0.444 e. The van der Waals surface area contributed by atoms with Crippen LogP contribution >= 0.6 is 0 Å². The molecule has 0 saturated carbocycles. The highest BCUT2D eigenvalue weighted by molar-refractivity contribution is 5.55. The molecule has 0 spiro atoms. The number of benzene rings is 1. The van der Waals surface area contributed by atoms with Gasteiger partial charge in [0.15, 0.2) is 0 Å². The van der Waals surface area contributed by atoms with Crippen LogP contribution < -0.4 is 5.56 Å². The van der Waals surface area contributed by atoms with E-state index in [2.05, 4.69) is 4.98 Å². The van der Waals surface area contributed by atoms with E-state index in [0.717, 1.165) is 18.3 Å². The summed E-state index contributed by atoms with van der Waals surface area (Å²) in [5, 5.41) is 10.6. The van der Waals surface area contributed by atoms with Gasteiger partial charge in [0.1, 0.15) is 12.1 Å². The van der Waals surface area contributed by atoms with Crippen molar-refractivity contribution in [3.8, 4) is 11.5 Å². The van der Waals surface area contributed by atoms with Crippen LogP contribution in [-0.2, 0) is 6.54 Å². The van der Waals surface area contributed by atoms with Gasteiger partial charge in [0, 0.05) is 30.0 Å². The van der Waals surface area contributed by atoms with Gasteiger partial charge in [-0.25, -0.2) is 9.37 Å². The molecule has 0 aliphatic carbocycles. The zero-order valence-corrected chi connectivity index (χ0v) is 11.7. The number of oxazole rings is 1. The van der Waals surface area contributed by atoms with E-state index in [-0.39, 0.29) is 23.7 Å². The molecule has 116 valence electrons.